The normalized spacial score (nSPS) is 12.2. The first-order valence-corrected chi connectivity index (χ1v) is 12.0. The highest BCUT2D eigenvalue weighted by Crippen LogP contribution is 2.30. The Morgan fingerprint density at radius 1 is 1.09 bits per heavy atom. The summed E-state index contributed by atoms with van der Waals surface area (Å²) in [5, 5.41) is 18.0. The number of nitrogens with zero attached hydrogens (tertiary/aromatic N) is 5. The number of carbonyl (C=O) groups is 1. The highest BCUT2D eigenvalue weighted by Gasteiger charge is 2.25. The van der Waals surface area contributed by atoms with Crippen LogP contribution in [0.2, 0.25) is 5.02 Å². The quantitative estimate of drug-likeness (QED) is 0.360. The maximum atomic E-state index is 13.4. The summed E-state index contributed by atoms with van der Waals surface area (Å²) in [5.74, 6) is 1.31. The van der Waals surface area contributed by atoms with E-state index in [0.717, 1.165) is 32.9 Å². The number of aromatic nitrogens is 5. The number of benzene rings is 2. The third-order valence-electron chi connectivity index (χ3n) is 5.87. The molecule has 34 heavy (non-hydrogen) atoms. The van der Waals surface area contributed by atoms with Gasteiger partial charge in [-0.25, -0.2) is 0 Å². The molecule has 1 amide bonds. The average Bonchev–Trinajstić information content (AvgIpc) is 3.51. The molecule has 0 aliphatic rings. The van der Waals surface area contributed by atoms with Crippen LogP contribution in [-0.4, -0.2) is 30.5 Å². The lowest BCUT2D eigenvalue weighted by Crippen LogP contribution is -2.30. The number of carbonyl (C=O) groups excluding carboxylic acids is 1. The van der Waals surface area contributed by atoms with Gasteiger partial charge in [-0.05, 0) is 43.2 Å². The van der Waals surface area contributed by atoms with Gasteiger partial charge < -0.3 is 9.88 Å². The van der Waals surface area contributed by atoms with Gasteiger partial charge in [0.15, 0.2) is 5.82 Å². The number of rotatable bonds is 6. The molecule has 5 rings (SSSR count). The van der Waals surface area contributed by atoms with Gasteiger partial charge in [0, 0.05) is 17.5 Å². The van der Waals surface area contributed by atoms with Crippen LogP contribution in [0.1, 0.15) is 44.2 Å². The lowest BCUT2D eigenvalue weighted by Gasteiger charge is -2.18. The Bertz CT molecular complexity index is 1470. The Hall–Kier alpha value is -3.49. The van der Waals surface area contributed by atoms with E-state index in [-0.39, 0.29) is 5.91 Å². The van der Waals surface area contributed by atoms with Crippen LogP contribution in [-0.2, 0) is 13.6 Å². The Labute approximate surface area is 206 Å². The number of amides is 1. The first kappa shape index (κ1) is 22.3. The van der Waals surface area contributed by atoms with Gasteiger partial charge >= 0.3 is 0 Å². The number of thiophene rings is 1. The summed E-state index contributed by atoms with van der Waals surface area (Å²) in [5.41, 5.74) is 2.93. The van der Waals surface area contributed by atoms with Gasteiger partial charge in [0.25, 0.3) is 5.91 Å². The Kier molecular flexibility index (Phi) is 5.93. The number of hydrogen-bond acceptors (Lipinski definition) is 5. The molecule has 9 heteroatoms. The summed E-state index contributed by atoms with van der Waals surface area (Å²) in [6.07, 6.45) is 0. The molecular formula is C25H23ClN6OS. The number of nitrogens with one attached hydrogen (secondary N) is 1. The largest absolute Gasteiger partial charge is 0.337 e. The van der Waals surface area contributed by atoms with E-state index < -0.39 is 6.04 Å². The SMILES string of the molecule is Cc1nn(Cc2ccc(Cl)cc2)c2sc(C(=O)N[C@@H](c3ccccc3)c3nnc(C)n3C)cc12. The predicted molar refractivity (Wildman–Crippen MR) is 134 cm³/mol. The number of aryl methyl sites for hydroxylation is 2. The van der Waals surface area contributed by atoms with Crippen LogP contribution in [0.5, 0.6) is 0 Å². The lowest BCUT2D eigenvalue weighted by atomic mass is 10.1. The van der Waals surface area contributed by atoms with Gasteiger partial charge in [-0.2, -0.15) is 5.10 Å². The van der Waals surface area contributed by atoms with Gasteiger partial charge in [0.2, 0.25) is 0 Å². The zero-order valence-electron chi connectivity index (χ0n) is 19.0. The first-order valence-electron chi connectivity index (χ1n) is 10.8. The Morgan fingerprint density at radius 3 is 2.50 bits per heavy atom. The lowest BCUT2D eigenvalue weighted by molar-refractivity contribution is 0.0945. The molecule has 0 fully saturated rings. The van der Waals surface area contributed by atoms with E-state index >= 15 is 0 Å². The van der Waals surface area contributed by atoms with Crippen molar-refractivity contribution in [1.82, 2.24) is 29.9 Å². The van der Waals surface area contributed by atoms with E-state index in [2.05, 4.69) is 20.6 Å². The molecule has 1 atom stereocenters. The molecule has 2 aromatic carbocycles. The summed E-state index contributed by atoms with van der Waals surface area (Å²) in [7, 11) is 1.90. The number of fused-ring (bicyclic) bond motifs is 1. The zero-order valence-corrected chi connectivity index (χ0v) is 20.6. The molecular weight excluding hydrogens is 468 g/mol. The molecule has 1 N–H and O–H groups in total. The summed E-state index contributed by atoms with van der Waals surface area (Å²) in [4.78, 5) is 15.0. The van der Waals surface area contributed by atoms with Crippen molar-refractivity contribution < 1.29 is 4.79 Å². The van der Waals surface area contributed by atoms with Crippen LogP contribution in [0, 0.1) is 13.8 Å². The molecule has 0 unspecified atom stereocenters. The van der Waals surface area contributed by atoms with Crippen molar-refractivity contribution in [2.45, 2.75) is 26.4 Å². The fraction of sp³-hybridized carbons (Fsp3) is 0.200. The fourth-order valence-corrected chi connectivity index (χ4v) is 5.10. The van der Waals surface area contributed by atoms with Crippen LogP contribution in [0.15, 0.2) is 60.7 Å². The minimum atomic E-state index is -0.420. The van der Waals surface area contributed by atoms with E-state index in [1.54, 1.807) is 0 Å². The molecule has 0 aliphatic carbocycles. The first-order chi connectivity index (χ1) is 16.4. The molecule has 7 nitrogen and oxygen atoms in total. The van der Waals surface area contributed by atoms with Gasteiger partial charge in [-0.1, -0.05) is 54.1 Å². The zero-order chi connectivity index (χ0) is 23.8. The molecule has 3 heterocycles. The van der Waals surface area contributed by atoms with E-state index in [1.165, 1.54) is 11.3 Å². The highest BCUT2D eigenvalue weighted by molar-refractivity contribution is 7.20. The van der Waals surface area contributed by atoms with E-state index in [9.17, 15) is 4.79 Å². The summed E-state index contributed by atoms with van der Waals surface area (Å²) < 4.78 is 3.84. The number of halogens is 1. The van der Waals surface area contributed by atoms with E-state index in [1.807, 2.05) is 90.8 Å². The summed E-state index contributed by atoms with van der Waals surface area (Å²) in [6.45, 7) is 4.46. The number of hydrogen-bond donors (Lipinski definition) is 1. The summed E-state index contributed by atoms with van der Waals surface area (Å²) >= 11 is 7.45. The molecule has 3 aromatic heterocycles. The highest BCUT2D eigenvalue weighted by atomic mass is 35.5. The fourth-order valence-electron chi connectivity index (χ4n) is 3.91. The monoisotopic (exact) mass is 490 g/mol. The minimum absolute atomic E-state index is 0.159. The van der Waals surface area contributed by atoms with Crippen molar-refractivity contribution >= 4 is 39.1 Å². The van der Waals surface area contributed by atoms with Crippen molar-refractivity contribution in [3.05, 3.63) is 99.0 Å². The maximum absolute atomic E-state index is 13.4. The van der Waals surface area contributed by atoms with Crippen LogP contribution >= 0.6 is 22.9 Å². The molecule has 0 aliphatic heterocycles. The van der Waals surface area contributed by atoms with Crippen molar-refractivity contribution in [1.29, 1.82) is 0 Å². The smallest absolute Gasteiger partial charge is 0.262 e. The van der Waals surface area contributed by atoms with Crippen molar-refractivity contribution in [3.8, 4) is 0 Å². The minimum Gasteiger partial charge on any atom is -0.337 e. The van der Waals surface area contributed by atoms with Crippen molar-refractivity contribution in [2.75, 3.05) is 0 Å². The van der Waals surface area contributed by atoms with Gasteiger partial charge in [-0.15, -0.1) is 21.5 Å². The second-order valence-corrected chi connectivity index (χ2v) is 9.65. The van der Waals surface area contributed by atoms with Gasteiger partial charge in [0.1, 0.15) is 16.7 Å². The molecule has 172 valence electrons. The summed E-state index contributed by atoms with van der Waals surface area (Å²) in [6, 6.07) is 19.0. The van der Waals surface area contributed by atoms with Crippen molar-refractivity contribution in [2.24, 2.45) is 7.05 Å². The molecule has 0 spiro atoms. The van der Waals surface area contributed by atoms with E-state index in [4.69, 9.17) is 11.6 Å². The molecule has 5 aromatic rings. The topological polar surface area (TPSA) is 77.6 Å². The van der Waals surface area contributed by atoms with Crippen LogP contribution in [0.25, 0.3) is 10.2 Å². The standard InChI is InChI=1S/C25H23ClN6OS/c1-15-20-13-21(34-25(20)32(30-15)14-17-9-11-19(26)12-10-17)24(33)27-22(18-7-5-4-6-8-18)23-29-28-16(2)31(23)3/h4-13,22H,14H2,1-3H3,(H,27,33)/t22-/m0/s1. The van der Waals surface area contributed by atoms with E-state index in [0.29, 0.717) is 22.3 Å². The predicted octanol–water partition coefficient (Wildman–Crippen LogP) is 5.06. The maximum Gasteiger partial charge on any atom is 0.262 e. The van der Waals surface area contributed by atoms with Gasteiger partial charge in [-0.3, -0.25) is 9.48 Å². The second kappa shape index (κ2) is 9.04. The second-order valence-electron chi connectivity index (χ2n) is 8.18. The average molecular weight is 491 g/mol. The molecule has 0 bridgehead atoms. The third kappa shape index (κ3) is 4.22. The van der Waals surface area contributed by atoms with Gasteiger partial charge in [0.05, 0.1) is 17.1 Å². The third-order valence-corrected chi connectivity index (χ3v) is 7.27. The Morgan fingerprint density at radius 2 is 1.82 bits per heavy atom. The molecule has 0 radical (unpaired) electrons. The Balaban J connectivity index is 1.46. The molecule has 0 saturated heterocycles. The van der Waals surface area contributed by atoms with Crippen LogP contribution in [0.4, 0.5) is 0 Å². The molecule has 0 saturated carbocycles. The van der Waals surface area contributed by atoms with Crippen molar-refractivity contribution in [3.63, 3.8) is 0 Å². The van der Waals surface area contributed by atoms with Crippen LogP contribution in [0.3, 0.4) is 0 Å². The van der Waals surface area contributed by atoms with Crippen LogP contribution < -0.4 is 5.32 Å².